The van der Waals surface area contributed by atoms with Crippen molar-refractivity contribution < 1.29 is 28.1 Å². The van der Waals surface area contributed by atoms with E-state index in [1.807, 2.05) is 0 Å². The fourth-order valence-electron chi connectivity index (χ4n) is 2.76. The molecule has 0 aliphatic carbocycles. The highest BCUT2D eigenvalue weighted by atomic mass is 19.1. The number of halogens is 1. The number of carbonyl (C=O) groups is 1. The SMILES string of the molecule is COc1cc(OC)c(C(=O)c2c(C)ccc(OC)c2OC)c(C)c1F. The normalized spacial score (nSPS) is 10.4. The Morgan fingerprint density at radius 2 is 1.44 bits per heavy atom. The summed E-state index contributed by atoms with van der Waals surface area (Å²) in [6.45, 7) is 3.28. The second-order valence-corrected chi connectivity index (χ2v) is 5.42. The molecule has 2 rings (SSSR count). The molecule has 2 aromatic carbocycles. The summed E-state index contributed by atoms with van der Waals surface area (Å²) in [7, 11) is 5.71. The summed E-state index contributed by atoms with van der Waals surface area (Å²) in [5.41, 5.74) is 1.24. The summed E-state index contributed by atoms with van der Waals surface area (Å²) in [4.78, 5) is 13.2. The molecule has 0 unspecified atom stereocenters. The van der Waals surface area contributed by atoms with E-state index in [9.17, 15) is 9.18 Å². The van der Waals surface area contributed by atoms with Gasteiger partial charge in [-0.25, -0.2) is 4.39 Å². The fourth-order valence-corrected chi connectivity index (χ4v) is 2.76. The first-order valence-corrected chi connectivity index (χ1v) is 7.58. The number of hydrogen-bond donors (Lipinski definition) is 0. The van der Waals surface area contributed by atoms with Crippen molar-refractivity contribution in [3.05, 3.63) is 46.3 Å². The van der Waals surface area contributed by atoms with E-state index < -0.39 is 11.6 Å². The van der Waals surface area contributed by atoms with Crippen LogP contribution in [0.3, 0.4) is 0 Å². The van der Waals surface area contributed by atoms with Crippen LogP contribution in [-0.2, 0) is 0 Å². The average molecular weight is 348 g/mol. The van der Waals surface area contributed by atoms with Crippen LogP contribution in [0.2, 0.25) is 0 Å². The molecule has 25 heavy (non-hydrogen) atoms. The molecule has 0 bridgehead atoms. The molecule has 0 aliphatic heterocycles. The van der Waals surface area contributed by atoms with Gasteiger partial charge in [-0.1, -0.05) is 6.07 Å². The van der Waals surface area contributed by atoms with Crippen molar-refractivity contribution in [1.82, 2.24) is 0 Å². The van der Waals surface area contributed by atoms with Gasteiger partial charge in [0.15, 0.2) is 23.1 Å². The standard InChI is InChI=1S/C19H21FO5/c1-10-7-8-12(22-3)19(25-6)15(10)18(21)16-11(2)17(20)14(24-5)9-13(16)23-4/h7-9H,1-6H3. The maximum absolute atomic E-state index is 14.5. The Bertz CT molecular complexity index is 814. The molecular formula is C19H21FO5. The summed E-state index contributed by atoms with van der Waals surface area (Å²) in [5.74, 6) is -0.0622. The molecule has 0 saturated carbocycles. The Kier molecular flexibility index (Phi) is 5.51. The highest BCUT2D eigenvalue weighted by Gasteiger charge is 2.27. The molecule has 5 nitrogen and oxygen atoms in total. The Labute approximate surface area is 146 Å². The first-order valence-electron chi connectivity index (χ1n) is 7.58. The van der Waals surface area contributed by atoms with Crippen LogP contribution in [0.4, 0.5) is 4.39 Å². The second kappa shape index (κ2) is 7.42. The predicted octanol–water partition coefficient (Wildman–Crippen LogP) is 3.71. The minimum atomic E-state index is -0.605. The van der Waals surface area contributed by atoms with Gasteiger partial charge >= 0.3 is 0 Å². The smallest absolute Gasteiger partial charge is 0.201 e. The van der Waals surface area contributed by atoms with Crippen LogP contribution in [0.15, 0.2) is 18.2 Å². The number of carbonyl (C=O) groups excluding carboxylic acids is 1. The summed E-state index contributed by atoms with van der Waals surface area (Å²) in [6.07, 6.45) is 0. The van der Waals surface area contributed by atoms with Gasteiger partial charge in [-0.2, -0.15) is 0 Å². The van der Waals surface area contributed by atoms with Crippen molar-refractivity contribution in [2.24, 2.45) is 0 Å². The van der Waals surface area contributed by atoms with E-state index in [4.69, 9.17) is 18.9 Å². The molecule has 0 saturated heterocycles. The molecule has 0 aliphatic rings. The zero-order valence-electron chi connectivity index (χ0n) is 15.2. The van der Waals surface area contributed by atoms with E-state index in [0.29, 0.717) is 22.6 Å². The second-order valence-electron chi connectivity index (χ2n) is 5.42. The first-order chi connectivity index (χ1) is 11.9. The lowest BCUT2D eigenvalue weighted by atomic mass is 9.93. The van der Waals surface area contributed by atoms with Gasteiger partial charge in [-0.15, -0.1) is 0 Å². The number of benzene rings is 2. The van der Waals surface area contributed by atoms with Crippen LogP contribution in [0.25, 0.3) is 0 Å². The van der Waals surface area contributed by atoms with Gasteiger partial charge in [0, 0.05) is 11.6 Å². The zero-order valence-corrected chi connectivity index (χ0v) is 15.2. The van der Waals surface area contributed by atoms with Gasteiger partial charge in [0.05, 0.1) is 39.6 Å². The third-order valence-corrected chi connectivity index (χ3v) is 4.08. The zero-order chi connectivity index (χ0) is 18.7. The molecule has 6 heteroatoms. The minimum absolute atomic E-state index is 0.0141. The Balaban J connectivity index is 2.77. The van der Waals surface area contributed by atoms with Crippen molar-refractivity contribution in [2.75, 3.05) is 28.4 Å². The summed E-state index contributed by atoms with van der Waals surface area (Å²) in [6, 6.07) is 4.82. The summed E-state index contributed by atoms with van der Waals surface area (Å²) >= 11 is 0. The quantitative estimate of drug-likeness (QED) is 0.745. The molecule has 0 spiro atoms. The Morgan fingerprint density at radius 3 is 1.96 bits per heavy atom. The van der Waals surface area contributed by atoms with Gasteiger partial charge in [0.25, 0.3) is 0 Å². The van der Waals surface area contributed by atoms with Crippen LogP contribution in [0.1, 0.15) is 27.0 Å². The summed E-state index contributed by atoms with van der Waals surface area (Å²) in [5, 5.41) is 0. The van der Waals surface area contributed by atoms with Gasteiger partial charge in [0.1, 0.15) is 5.75 Å². The first kappa shape index (κ1) is 18.6. The van der Waals surface area contributed by atoms with Crippen molar-refractivity contribution in [3.8, 4) is 23.0 Å². The molecule has 0 amide bonds. The number of rotatable bonds is 6. The minimum Gasteiger partial charge on any atom is -0.496 e. The van der Waals surface area contributed by atoms with Crippen molar-refractivity contribution in [3.63, 3.8) is 0 Å². The van der Waals surface area contributed by atoms with Crippen molar-refractivity contribution >= 4 is 5.78 Å². The van der Waals surface area contributed by atoms with Crippen LogP contribution >= 0.6 is 0 Å². The highest BCUT2D eigenvalue weighted by Crippen LogP contribution is 2.39. The van der Waals surface area contributed by atoms with Crippen LogP contribution in [-0.4, -0.2) is 34.2 Å². The monoisotopic (exact) mass is 348 g/mol. The van der Waals surface area contributed by atoms with Gasteiger partial charge in [0.2, 0.25) is 5.78 Å². The molecule has 2 aromatic rings. The Morgan fingerprint density at radius 1 is 0.840 bits per heavy atom. The van der Waals surface area contributed by atoms with E-state index in [-0.39, 0.29) is 22.6 Å². The van der Waals surface area contributed by atoms with Crippen LogP contribution in [0, 0.1) is 19.7 Å². The Hall–Kier alpha value is -2.76. The van der Waals surface area contributed by atoms with Gasteiger partial charge < -0.3 is 18.9 Å². The van der Waals surface area contributed by atoms with Gasteiger partial charge in [-0.05, 0) is 25.5 Å². The summed E-state index contributed by atoms with van der Waals surface area (Å²) < 4.78 is 35.4. The maximum atomic E-state index is 14.5. The van der Waals surface area contributed by atoms with E-state index >= 15 is 0 Å². The van der Waals surface area contributed by atoms with Crippen LogP contribution in [0.5, 0.6) is 23.0 Å². The molecule has 0 radical (unpaired) electrons. The van der Waals surface area contributed by atoms with Crippen LogP contribution < -0.4 is 18.9 Å². The van der Waals surface area contributed by atoms with E-state index in [1.165, 1.54) is 41.4 Å². The predicted molar refractivity (Wildman–Crippen MR) is 92.0 cm³/mol. The van der Waals surface area contributed by atoms with Crippen molar-refractivity contribution in [2.45, 2.75) is 13.8 Å². The number of methoxy groups -OCH3 is 4. The molecule has 0 fully saturated rings. The molecular weight excluding hydrogens is 327 g/mol. The van der Waals surface area contributed by atoms with Crippen molar-refractivity contribution in [1.29, 1.82) is 0 Å². The maximum Gasteiger partial charge on any atom is 0.201 e. The number of ether oxygens (including phenoxy) is 4. The molecule has 0 aromatic heterocycles. The number of ketones is 1. The number of hydrogen-bond acceptors (Lipinski definition) is 5. The molecule has 0 heterocycles. The molecule has 0 N–H and O–H groups in total. The average Bonchev–Trinajstić information content (AvgIpc) is 2.62. The van der Waals surface area contributed by atoms with E-state index in [0.717, 1.165) is 0 Å². The lowest BCUT2D eigenvalue weighted by Crippen LogP contribution is -2.12. The lowest BCUT2D eigenvalue weighted by molar-refractivity contribution is 0.103. The van der Waals surface area contributed by atoms with E-state index in [2.05, 4.69) is 0 Å². The van der Waals surface area contributed by atoms with E-state index in [1.54, 1.807) is 19.1 Å². The largest absolute Gasteiger partial charge is 0.496 e. The molecule has 134 valence electrons. The lowest BCUT2D eigenvalue weighted by Gasteiger charge is -2.18. The highest BCUT2D eigenvalue weighted by molar-refractivity contribution is 6.14. The van der Waals surface area contributed by atoms with Gasteiger partial charge in [-0.3, -0.25) is 4.79 Å². The number of aryl methyl sites for hydroxylation is 1. The molecule has 0 atom stereocenters. The third kappa shape index (κ3) is 3.12. The third-order valence-electron chi connectivity index (χ3n) is 4.08. The topological polar surface area (TPSA) is 54.0 Å². The fraction of sp³-hybridized carbons (Fsp3) is 0.316.